The molecule has 0 unspecified atom stereocenters. The predicted octanol–water partition coefficient (Wildman–Crippen LogP) is 4.35. The number of rotatable bonds is 9. The summed E-state index contributed by atoms with van der Waals surface area (Å²) in [6, 6.07) is 17.0. The number of nitrogens with one attached hydrogen (secondary N) is 1. The minimum Gasteiger partial charge on any atom is -0.497 e. The summed E-state index contributed by atoms with van der Waals surface area (Å²) >= 11 is 0. The Bertz CT molecular complexity index is 828. The van der Waals surface area contributed by atoms with Gasteiger partial charge in [0.25, 0.3) is 0 Å². The highest BCUT2D eigenvalue weighted by Gasteiger charge is 2.30. The third-order valence-electron chi connectivity index (χ3n) is 4.84. The molecule has 162 valence electrons. The molecule has 5 heteroatoms. The van der Waals surface area contributed by atoms with Crippen molar-refractivity contribution in [2.45, 2.75) is 65.1 Å². The normalized spacial score (nSPS) is 12.2. The monoisotopic (exact) mass is 410 g/mol. The Morgan fingerprint density at radius 3 is 2.30 bits per heavy atom. The lowest BCUT2D eigenvalue weighted by Gasteiger charge is -2.33. The Morgan fingerprint density at radius 1 is 1.03 bits per heavy atom. The van der Waals surface area contributed by atoms with Crippen LogP contribution in [0.4, 0.5) is 0 Å². The van der Waals surface area contributed by atoms with E-state index in [1.165, 1.54) is 0 Å². The third kappa shape index (κ3) is 7.21. The quantitative estimate of drug-likeness (QED) is 0.669. The van der Waals surface area contributed by atoms with E-state index in [-0.39, 0.29) is 17.4 Å². The van der Waals surface area contributed by atoms with E-state index in [9.17, 15) is 9.59 Å². The summed E-state index contributed by atoms with van der Waals surface area (Å²) in [5.41, 5.74) is 1.68. The van der Waals surface area contributed by atoms with Crippen molar-refractivity contribution < 1.29 is 14.3 Å². The second-order valence-electron chi connectivity index (χ2n) is 8.52. The second kappa shape index (κ2) is 10.8. The highest BCUT2D eigenvalue weighted by molar-refractivity contribution is 5.88. The van der Waals surface area contributed by atoms with Gasteiger partial charge in [-0.05, 0) is 56.9 Å². The topological polar surface area (TPSA) is 58.6 Å². The molecule has 0 aliphatic carbocycles. The van der Waals surface area contributed by atoms with E-state index in [4.69, 9.17) is 4.74 Å². The fourth-order valence-electron chi connectivity index (χ4n) is 3.38. The maximum atomic E-state index is 13.3. The molecule has 0 radical (unpaired) electrons. The molecule has 2 aromatic carbocycles. The first-order chi connectivity index (χ1) is 14.2. The highest BCUT2D eigenvalue weighted by atomic mass is 16.5. The molecule has 0 aliphatic heterocycles. The average Bonchev–Trinajstić information content (AvgIpc) is 2.71. The smallest absolute Gasteiger partial charge is 0.243 e. The molecule has 1 N–H and O–H groups in total. The summed E-state index contributed by atoms with van der Waals surface area (Å²) in [5, 5.41) is 3.03. The first kappa shape index (κ1) is 23.5. The number of amides is 2. The third-order valence-corrected chi connectivity index (χ3v) is 4.84. The van der Waals surface area contributed by atoms with Crippen molar-refractivity contribution in [1.82, 2.24) is 10.2 Å². The fraction of sp³-hybridized carbons (Fsp3) is 0.440. The van der Waals surface area contributed by atoms with Gasteiger partial charge in [-0.25, -0.2) is 0 Å². The van der Waals surface area contributed by atoms with E-state index < -0.39 is 6.04 Å². The van der Waals surface area contributed by atoms with Crippen LogP contribution in [0.2, 0.25) is 0 Å². The van der Waals surface area contributed by atoms with E-state index in [0.29, 0.717) is 25.8 Å². The zero-order valence-corrected chi connectivity index (χ0v) is 18.8. The summed E-state index contributed by atoms with van der Waals surface area (Å²) in [6.07, 6.45) is 1.54. The minimum atomic E-state index is -0.529. The molecule has 2 amide bonds. The molecule has 0 saturated carbocycles. The number of methoxy groups -OCH3 is 1. The van der Waals surface area contributed by atoms with Crippen LogP contribution in [-0.4, -0.2) is 35.4 Å². The SMILES string of the molecule is CC[C@H](C(=O)NC(C)(C)C)N(Cc1cccc(OC)c1)C(=O)CCc1ccccc1. The molecule has 2 rings (SSSR count). The van der Waals surface area contributed by atoms with Crippen LogP contribution in [0, 0.1) is 0 Å². The van der Waals surface area contributed by atoms with Crippen LogP contribution >= 0.6 is 0 Å². The van der Waals surface area contributed by atoms with Crippen molar-refractivity contribution >= 4 is 11.8 Å². The van der Waals surface area contributed by atoms with E-state index in [1.807, 2.05) is 82.3 Å². The van der Waals surface area contributed by atoms with Crippen LogP contribution in [0.15, 0.2) is 54.6 Å². The summed E-state index contributed by atoms with van der Waals surface area (Å²) in [7, 11) is 1.62. The van der Waals surface area contributed by atoms with Crippen molar-refractivity contribution in [3.05, 3.63) is 65.7 Å². The molecule has 0 aliphatic rings. The van der Waals surface area contributed by atoms with Crippen molar-refractivity contribution in [3.8, 4) is 5.75 Å². The second-order valence-corrected chi connectivity index (χ2v) is 8.52. The lowest BCUT2D eigenvalue weighted by molar-refractivity contribution is -0.142. The van der Waals surface area contributed by atoms with Gasteiger partial charge in [-0.15, -0.1) is 0 Å². The number of carbonyl (C=O) groups excluding carboxylic acids is 2. The number of hydrogen-bond acceptors (Lipinski definition) is 3. The Kier molecular flexibility index (Phi) is 8.46. The largest absolute Gasteiger partial charge is 0.497 e. The Labute approximate surface area is 180 Å². The number of carbonyl (C=O) groups is 2. The van der Waals surface area contributed by atoms with Crippen LogP contribution in [-0.2, 0) is 22.6 Å². The van der Waals surface area contributed by atoms with Gasteiger partial charge in [-0.2, -0.15) is 0 Å². The molecule has 30 heavy (non-hydrogen) atoms. The minimum absolute atomic E-state index is 0.0300. The first-order valence-electron chi connectivity index (χ1n) is 10.5. The Morgan fingerprint density at radius 2 is 1.70 bits per heavy atom. The van der Waals surface area contributed by atoms with Gasteiger partial charge in [0.2, 0.25) is 11.8 Å². The van der Waals surface area contributed by atoms with Crippen molar-refractivity contribution in [1.29, 1.82) is 0 Å². The van der Waals surface area contributed by atoms with Gasteiger partial charge in [0, 0.05) is 18.5 Å². The number of hydrogen-bond donors (Lipinski definition) is 1. The molecule has 0 fully saturated rings. The molecule has 1 atom stereocenters. The highest BCUT2D eigenvalue weighted by Crippen LogP contribution is 2.19. The molecular formula is C25H34N2O3. The van der Waals surface area contributed by atoms with Gasteiger partial charge >= 0.3 is 0 Å². The van der Waals surface area contributed by atoms with Crippen LogP contribution in [0.3, 0.4) is 0 Å². The van der Waals surface area contributed by atoms with Crippen LogP contribution in [0.5, 0.6) is 5.75 Å². The van der Waals surface area contributed by atoms with Crippen molar-refractivity contribution in [2.24, 2.45) is 0 Å². The Hall–Kier alpha value is -2.82. The van der Waals surface area contributed by atoms with Gasteiger partial charge in [0.15, 0.2) is 0 Å². The summed E-state index contributed by atoms with van der Waals surface area (Å²) in [6.45, 7) is 8.14. The molecular weight excluding hydrogens is 376 g/mol. The molecule has 0 aromatic heterocycles. The number of ether oxygens (including phenoxy) is 1. The molecule has 0 heterocycles. The van der Waals surface area contributed by atoms with Gasteiger partial charge in [0.1, 0.15) is 11.8 Å². The van der Waals surface area contributed by atoms with Crippen LogP contribution in [0.1, 0.15) is 51.7 Å². The maximum Gasteiger partial charge on any atom is 0.243 e. The van der Waals surface area contributed by atoms with E-state index in [1.54, 1.807) is 12.0 Å². The maximum absolute atomic E-state index is 13.3. The van der Waals surface area contributed by atoms with Crippen molar-refractivity contribution in [2.75, 3.05) is 7.11 Å². The zero-order valence-electron chi connectivity index (χ0n) is 18.8. The van der Waals surface area contributed by atoms with E-state index in [0.717, 1.165) is 16.9 Å². The standard InChI is InChI=1S/C25H34N2O3/c1-6-22(24(29)26-25(2,3)4)27(18-20-13-10-14-21(17-20)30-5)23(28)16-15-19-11-8-7-9-12-19/h7-14,17,22H,6,15-16,18H2,1-5H3,(H,26,29)/t22-/m1/s1. The summed E-state index contributed by atoms with van der Waals surface area (Å²) in [5.74, 6) is 0.579. The molecule has 5 nitrogen and oxygen atoms in total. The Balaban J connectivity index is 2.24. The number of aryl methyl sites for hydroxylation is 1. The fourth-order valence-corrected chi connectivity index (χ4v) is 3.38. The number of nitrogens with zero attached hydrogens (tertiary/aromatic N) is 1. The van der Waals surface area contributed by atoms with Crippen LogP contribution < -0.4 is 10.1 Å². The van der Waals surface area contributed by atoms with Gasteiger partial charge in [0.05, 0.1) is 7.11 Å². The molecule has 2 aromatic rings. The average molecular weight is 411 g/mol. The molecule has 0 bridgehead atoms. The van der Waals surface area contributed by atoms with Gasteiger partial charge in [-0.1, -0.05) is 49.4 Å². The van der Waals surface area contributed by atoms with Gasteiger partial charge in [-0.3, -0.25) is 9.59 Å². The van der Waals surface area contributed by atoms with Gasteiger partial charge < -0.3 is 15.0 Å². The molecule has 0 spiro atoms. The lowest BCUT2D eigenvalue weighted by atomic mass is 10.0. The van der Waals surface area contributed by atoms with E-state index in [2.05, 4.69) is 5.32 Å². The van der Waals surface area contributed by atoms with Crippen LogP contribution in [0.25, 0.3) is 0 Å². The molecule has 0 saturated heterocycles. The lowest BCUT2D eigenvalue weighted by Crippen LogP contribution is -2.53. The predicted molar refractivity (Wildman–Crippen MR) is 120 cm³/mol. The first-order valence-corrected chi connectivity index (χ1v) is 10.5. The van der Waals surface area contributed by atoms with Crippen molar-refractivity contribution in [3.63, 3.8) is 0 Å². The van der Waals surface area contributed by atoms with E-state index >= 15 is 0 Å². The summed E-state index contributed by atoms with van der Waals surface area (Å²) in [4.78, 5) is 28.0. The zero-order chi connectivity index (χ0) is 22.1. The summed E-state index contributed by atoms with van der Waals surface area (Å²) < 4.78 is 5.32. The number of benzene rings is 2.